The van der Waals surface area contributed by atoms with Gasteiger partial charge in [-0.1, -0.05) is 6.07 Å². The summed E-state index contributed by atoms with van der Waals surface area (Å²) in [5, 5.41) is 5.04. The van der Waals surface area contributed by atoms with E-state index in [1.54, 1.807) is 0 Å². The number of fused-ring (bicyclic) bond motifs is 1. The van der Waals surface area contributed by atoms with E-state index in [1.807, 2.05) is 32.0 Å². The molecule has 1 fully saturated rings. The number of urea groups is 1. The topological polar surface area (TPSA) is 79.9 Å². The number of nitrogens with zero attached hydrogens (tertiary/aromatic N) is 1. The Hall–Kier alpha value is -2.28. The van der Waals surface area contributed by atoms with Gasteiger partial charge in [-0.15, -0.1) is 0 Å². The average molecular weight is 347 g/mol. The zero-order valence-corrected chi connectivity index (χ0v) is 14.7. The van der Waals surface area contributed by atoms with Gasteiger partial charge in [0.1, 0.15) is 13.2 Å². The lowest BCUT2D eigenvalue weighted by Gasteiger charge is -2.26. The summed E-state index contributed by atoms with van der Waals surface area (Å²) in [6.45, 7) is 5.85. The van der Waals surface area contributed by atoms with Gasteiger partial charge in [-0.3, -0.25) is 15.0 Å². The van der Waals surface area contributed by atoms with Gasteiger partial charge in [0, 0.05) is 12.1 Å². The van der Waals surface area contributed by atoms with Crippen LogP contribution in [0.15, 0.2) is 18.2 Å². The minimum atomic E-state index is -0.449. The Morgan fingerprint density at radius 2 is 2.00 bits per heavy atom. The monoisotopic (exact) mass is 347 g/mol. The Bertz CT molecular complexity index is 647. The number of carbonyl (C=O) groups excluding carboxylic acids is 2. The summed E-state index contributed by atoms with van der Waals surface area (Å²) < 4.78 is 11.2. The summed E-state index contributed by atoms with van der Waals surface area (Å²) >= 11 is 0. The van der Waals surface area contributed by atoms with Crippen LogP contribution in [0, 0.1) is 0 Å². The van der Waals surface area contributed by atoms with Gasteiger partial charge in [-0.25, -0.2) is 4.79 Å². The molecule has 0 aromatic heterocycles. The molecule has 136 valence electrons. The molecule has 1 saturated heterocycles. The number of carbonyl (C=O) groups is 2. The maximum atomic E-state index is 12.1. The second-order valence-electron chi connectivity index (χ2n) is 6.71. The normalized spacial score (nSPS) is 19.7. The van der Waals surface area contributed by atoms with Crippen molar-refractivity contribution in [2.24, 2.45) is 0 Å². The van der Waals surface area contributed by atoms with Crippen molar-refractivity contribution in [3.63, 3.8) is 0 Å². The first-order valence-electron chi connectivity index (χ1n) is 8.77. The van der Waals surface area contributed by atoms with E-state index < -0.39 is 6.03 Å². The highest BCUT2D eigenvalue weighted by molar-refractivity contribution is 5.95. The first-order valence-corrected chi connectivity index (χ1v) is 8.77. The molecular weight excluding hydrogens is 322 g/mol. The largest absolute Gasteiger partial charge is 0.486 e. The Morgan fingerprint density at radius 3 is 2.76 bits per heavy atom. The van der Waals surface area contributed by atoms with Crippen molar-refractivity contribution in [3.8, 4) is 11.5 Å². The van der Waals surface area contributed by atoms with E-state index in [9.17, 15) is 9.59 Å². The minimum absolute atomic E-state index is 0.00921. The lowest BCUT2D eigenvalue weighted by Crippen LogP contribution is -2.46. The molecule has 1 atom stereocenters. The Kier molecular flexibility index (Phi) is 5.43. The molecule has 0 saturated carbocycles. The molecule has 3 amide bonds. The van der Waals surface area contributed by atoms with Crippen LogP contribution in [-0.2, 0) is 4.79 Å². The third-order valence-electron chi connectivity index (χ3n) is 4.33. The third kappa shape index (κ3) is 4.42. The molecule has 0 aliphatic carbocycles. The Balaban J connectivity index is 1.62. The van der Waals surface area contributed by atoms with Gasteiger partial charge in [0.05, 0.1) is 6.54 Å². The first kappa shape index (κ1) is 17.5. The van der Waals surface area contributed by atoms with Crippen LogP contribution in [0.3, 0.4) is 0 Å². The molecule has 2 aliphatic heterocycles. The van der Waals surface area contributed by atoms with Crippen molar-refractivity contribution in [2.75, 3.05) is 26.3 Å². The number of benzene rings is 1. The molecule has 1 aromatic carbocycles. The van der Waals surface area contributed by atoms with E-state index in [1.165, 1.54) is 0 Å². The maximum absolute atomic E-state index is 12.1. The van der Waals surface area contributed by atoms with Gasteiger partial charge >= 0.3 is 6.03 Å². The summed E-state index contributed by atoms with van der Waals surface area (Å²) in [6.07, 6.45) is 2.00. The predicted molar refractivity (Wildman–Crippen MR) is 92.8 cm³/mol. The standard InChI is InChI=1S/C18H25N3O4/c1-12(2)19-18(23)20-17(22)11-21-7-3-4-14(21)13-5-6-15-16(10-13)25-9-8-24-15/h5-6,10,12,14H,3-4,7-9,11H2,1-2H3,(H2,19,20,22,23)/t14-/m0/s1. The summed E-state index contributed by atoms with van der Waals surface area (Å²) in [7, 11) is 0. The second-order valence-corrected chi connectivity index (χ2v) is 6.71. The van der Waals surface area contributed by atoms with E-state index in [2.05, 4.69) is 15.5 Å². The number of rotatable bonds is 4. The number of hydrogen-bond acceptors (Lipinski definition) is 5. The SMILES string of the molecule is CC(C)NC(=O)NC(=O)CN1CCC[C@H]1c1ccc2c(c1)OCCO2. The fourth-order valence-electron chi connectivity index (χ4n) is 3.31. The average Bonchev–Trinajstić information content (AvgIpc) is 3.01. The molecule has 0 spiro atoms. The highest BCUT2D eigenvalue weighted by atomic mass is 16.6. The van der Waals surface area contributed by atoms with Crippen LogP contribution in [0.1, 0.15) is 38.3 Å². The van der Waals surface area contributed by atoms with Crippen LogP contribution in [0.4, 0.5) is 4.79 Å². The molecular formula is C18H25N3O4. The van der Waals surface area contributed by atoms with Crippen LogP contribution < -0.4 is 20.1 Å². The molecule has 0 radical (unpaired) electrons. The van der Waals surface area contributed by atoms with Crippen LogP contribution in [0.5, 0.6) is 11.5 Å². The molecule has 3 rings (SSSR count). The van der Waals surface area contributed by atoms with Crippen LogP contribution in [0.25, 0.3) is 0 Å². The summed E-state index contributed by atoms with van der Waals surface area (Å²) in [4.78, 5) is 25.9. The first-order chi connectivity index (χ1) is 12.0. The number of likely N-dealkylation sites (tertiary alicyclic amines) is 1. The van der Waals surface area contributed by atoms with Gasteiger partial charge in [0.25, 0.3) is 0 Å². The molecule has 7 nitrogen and oxygen atoms in total. The third-order valence-corrected chi connectivity index (χ3v) is 4.33. The Morgan fingerprint density at radius 1 is 1.24 bits per heavy atom. The van der Waals surface area contributed by atoms with Crippen molar-refractivity contribution in [2.45, 2.75) is 38.8 Å². The number of hydrogen-bond donors (Lipinski definition) is 2. The number of amides is 3. The van der Waals surface area contributed by atoms with Crippen molar-refractivity contribution in [1.29, 1.82) is 0 Å². The smallest absolute Gasteiger partial charge is 0.321 e. The van der Waals surface area contributed by atoms with Gasteiger partial charge in [0.2, 0.25) is 5.91 Å². The van der Waals surface area contributed by atoms with Crippen LogP contribution in [-0.4, -0.2) is 49.2 Å². The van der Waals surface area contributed by atoms with E-state index in [0.29, 0.717) is 13.2 Å². The highest BCUT2D eigenvalue weighted by Crippen LogP contribution is 2.37. The molecule has 2 N–H and O–H groups in total. The van der Waals surface area contributed by atoms with Crippen molar-refractivity contribution in [3.05, 3.63) is 23.8 Å². The van der Waals surface area contributed by atoms with Gasteiger partial charge in [-0.05, 0) is 50.9 Å². The lowest BCUT2D eigenvalue weighted by molar-refractivity contribution is -0.121. The molecule has 25 heavy (non-hydrogen) atoms. The van der Waals surface area contributed by atoms with E-state index in [4.69, 9.17) is 9.47 Å². The highest BCUT2D eigenvalue weighted by Gasteiger charge is 2.29. The van der Waals surface area contributed by atoms with Crippen LogP contribution >= 0.6 is 0 Å². The lowest BCUT2D eigenvalue weighted by atomic mass is 10.0. The zero-order valence-electron chi connectivity index (χ0n) is 14.7. The van der Waals surface area contributed by atoms with Gasteiger partial charge in [-0.2, -0.15) is 0 Å². The fourth-order valence-corrected chi connectivity index (χ4v) is 3.31. The molecule has 2 aliphatic rings. The van der Waals surface area contributed by atoms with Crippen molar-refractivity contribution >= 4 is 11.9 Å². The van der Waals surface area contributed by atoms with Crippen LogP contribution in [0.2, 0.25) is 0 Å². The predicted octanol–water partition coefficient (Wildman–Crippen LogP) is 1.83. The number of nitrogens with one attached hydrogen (secondary N) is 2. The summed E-state index contributed by atoms with van der Waals surface area (Å²) in [5.41, 5.74) is 1.11. The molecule has 7 heteroatoms. The van der Waals surface area contributed by atoms with E-state index >= 15 is 0 Å². The van der Waals surface area contributed by atoms with Gasteiger partial charge < -0.3 is 14.8 Å². The summed E-state index contributed by atoms with van der Waals surface area (Å²) in [6, 6.07) is 5.65. The Labute approximate surface area is 147 Å². The fraction of sp³-hybridized carbons (Fsp3) is 0.556. The van der Waals surface area contributed by atoms with E-state index in [0.717, 1.165) is 36.4 Å². The molecule has 0 bridgehead atoms. The minimum Gasteiger partial charge on any atom is -0.486 e. The van der Waals surface area contributed by atoms with Crippen molar-refractivity contribution < 1.29 is 19.1 Å². The van der Waals surface area contributed by atoms with Crippen molar-refractivity contribution in [1.82, 2.24) is 15.5 Å². The maximum Gasteiger partial charge on any atom is 0.321 e. The molecule has 0 unspecified atom stereocenters. The summed E-state index contributed by atoms with van der Waals surface area (Å²) in [5.74, 6) is 1.24. The number of imide groups is 1. The van der Waals surface area contributed by atoms with Gasteiger partial charge in [0.15, 0.2) is 11.5 Å². The second kappa shape index (κ2) is 7.74. The zero-order chi connectivity index (χ0) is 17.8. The molecule has 2 heterocycles. The number of ether oxygens (including phenoxy) is 2. The quantitative estimate of drug-likeness (QED) is 0.869. The van der Waals surface area contributed by atoms with E-state index in [-0.39, 0.29) is 24.5 Å². The molecule has 1 aromatic rings.